The van der Waals surface area contributed by atoms with E-state index in [0.29, 0.717) is 22.5 Å². The third kappa shape index (κ3) is 4.40. The second kappa shape index (κ2) is 8.94. The molecule has 0 N–H and O–H groups in total. The lowest BCUT2D eigenvalue weighted by Crippen LogP contribution is -2.34. The molecule has 0 fully saturated rings. The topological polar surface area (TPSA) is 49.9 Å². The van der Waals surface area contributed by atoms with E-state index < -0.39 is 0 Å². The van der Waals surface area contributed by atoms with E-state index in [1.165, 1.54) is 4.90 Å². The Labute approximate surface area is 194 Å². The summed E-state index contributed by atoms with van der Waals surface area (Å²) >= 11 is 0. The van der Waals surface area contributed by atoms with E-state index in [-0.39, 0.29) is 17.9 Å². The molecule has 0 aromatic heterocycles. The van der Waals surface area contributed by atoms with Crippen molar-refractivity contribution < 1.29 is 14.3 Å². The van der Waals surface area contributed by atoms with Gasteiger partial charge in [-0.15, -0.1) is 0 Å². The fourth-order valence-corrected chi connectivity index (χ4v) is 4.16. The summed E-state index contributed by atoms with van der Waals surface area (Å²) in [6.07, 6.45) is 0.0459. The molecule has 4 rings (SSSR count). The zero-order valence-corrected chi connectivity index (χ0v) is 19.6. The van der Waals surface area contributed by atoms with Gasteiger partial charge in [0, 0.05) is 12.7 Å². The first-order valence-corrected chi connectivity index (χ1v) is 11.0. The normalized spacial score (nSPS) is 13.8. The van der Waals surface area contributed by atoms with Crippen LogP contribution in [0.3, 0.4) is 0 Å². The van der Waals surface area contributed by atoms with E-state index >= 15 is 0 Å². The first-order valence-electron chi connectivity index (χ1n) is 11.0. The van der Waals surface area contributed by atoms with Gasteiger partial charge in [-0.25, -0.2) is 4.90 Å². The lowest BCUT2D eigenvalue weighted by molar-refractivity contribution is -0.120. The van der Waals surface area contributed by atoms with Gasteiger partial charge in [-0.05, 0) is 80.8 Å². The number of ether oxygens (including phenoxy) is 1. The monoisotopic (exact) mass is 440 g/mol. The number of hydrogen-bond donors (Lipinski definition) is 0. The number of imide groups is 1. The van der Waals surface area contributed by atoms with Crippen LogP contribution in [0.2, 0.25) is 0 Å². The van der Waals surface area contributed by atoms with Crippen LogP contribution in [-0.2, 0) is 9.59 Å². The van der Waals surface area contributed by atoms with Crippen LogP contribution in [0, 0.1) is 13.8 Å². The maximum atomic E-state index is 13.7. The maximum absolute atomic E-state index is 13.7. The Hall–Kier alpha value is -3.86. The summed E-state index contributed by atoms with van der Waals surface area (Å²) in [5, 5.41) is 0. The third-order valence-corrected chi connectivity index (χ3v) is 5.52. The number of likely N-dealkylation sites (N-methyl/N-ethyl adjacent to an activating group) is 1. The van der Waals surface area contributed by atoms with Crippen molar-refractivity contribution in [2.45, 2.75) is 33.8 Å². The number of para-hydroxylation sites is 1. The van der Waals surface area contributed by atoms with Gasteiger partial charge in [0.1, 0.15) is 11.4 Å². The Morgan fingerprint density at radius 3 is 2.00 bits per heavy atom. The van der Waals surface area contributed by atoms with Crippen molar-refractivity contribution in [1.29, 1.82) is 0 Å². The van der Waals surface area contributed by atoms with Crippen LogP contribution >= 0.6 is 0 Å². The number of nitrogens with zero attached hydrogens (tertiary/aromatic N) is 2. The van der Waals surface area contributed by atoms with Gasteiger partial charge in [0.25, 0.3) is 11.8 Å². The van der Waals surface area contributed by atoms with Crippen molar-refractivity contribution >= 4 is 28.8 Å². The molecule has 1 aliphatic heterocycles. The molecule has 33 heavy (non-hydrogen) atoms. The molecular weight excluding hydrogens is 412 g/mol. The van der Waals surface area contributed by atoms with Gasteiger partial charge in [0.15, 0.2) is 0 Å². The summed E-state index contributed by atoms with van der Waals surface area (Å²) in [6.45, 7) is 7.84. The molecule has 5 heteroatoms. The first-order chi connectivity index (χ1) is 15.8. The predicted molar refractivity (Wildman–Crippen MR) is 132 cm³/mol. The van der Waals surface area contributed by atoms with Gasteiger partial charge in [0.05, 0.1) is 17.4 Å². The molecule has 0 radical (unpaired) electrons. The van der Waals surface area contributed by atoms with Crippen LogP contribution < -0.4 is 14.5 Å². The van der Waals surface area contributed by atoms with Crippen molar-refractivity contribution in [2.24, 2.45) is 0 Å². The molecule has 1 heterocycles. The highest BCUT2D eigenvalue weighted by atomic mass is 16.5. The van der Waals surface area contributed by atoms with Crippen LogP contribution in [0.5, 0.6) is 5.75 Å². The molecule has 0 spiro atoms. The van der Waals surface area contributed by atoms with Gasteiger partial charge in [-0.2, -0.15) is 0 Å². The average molecular weight is 441 g/mol. The molecule has 0 unspecified atom stereocenters. The number of benzene rings is 3. The number of hydrogen-bond acceptors (Lipinski definition) is 4. The van der Waals surface area contributed by atoms with Crippen LogP contribution in [0.25, 0.3) is 5.57 Å². The van der Waals surface area contributed by atoms with Crippen LogP contribution in [0.1, 0.15) is 30.5 Å². The lowest BCUT2D eigenvalue weighted by atomic mass is 10.0. The summed E-state index contributed by atoms with van der Waals surface area (Å²) in [5.74, 6) is 0.0458. The quantitative estimate of drug-likeness (QED) is 0.474. The zero-order valence-electron chi connectivity index (χ0n) is 19.6. The van der Waals surface area contributed by atoms with Crippen molar-refractivity contribution in [3.05, 3.63) is 95.2 Å². The molecule has 0 saturated heterocycles. The third-order valence-electron chi connectivity index (χ3n) is 5.52. The minimum atomic E-state index is -0.339. The molecule has 3 aromatic carbocycles. The number of aryl methyl sites for hydroxylation is 2. The number of amides is 2. The van der Waals surface area contributed by atoms with Crippen molar-refractivity contribution in [3.8, 4) is 5.75 Å². The smallest absolute Gasteiger partial charge is 0.282 e. The minimum absolute atomic E-state index is 0.0459. The summed E-state index contributed by atoms with van der Waals surface area (Å²) in [7, 11) is 1.82. The molecule has 168 valence electrons. The molecule has 0 bridgehead atoms. The molecule has 1 aliphatic rings. The van der Waals surface area contributed by atoms with Crippen LogP contribution in [0.4, 0.5) is 11.4 Å². The largest absolute Gasteiger partial charge is 0.491 e. The van der Waals surface area contributed by atoms with Gasteiger partial charge in [-0.3, -0.25) is 9.59 Å². The molecule has 3 aromatic rings. The van der Waals surface area contributed by atoms with E-state index in [1.807, 2.05) is 108 Å². The van der Waals surface area contributed by atoms with Crippen molar-refractivity contribution in [1.82, 2.24) is 0 Å². The molecule has 0 saturated carbocycles. The number of anilines is 2. The van der Waals surface area contributed by atoms with Crippen molar-refractivity contribution in [3.63, 3.8) is 0 Å². The van der Waals surface area contributed by atoms with Gasteiger partial charge >= 0.3 is 0 Å². The van der Waals surface area contributed by atoms with Crippen LogP contribution in [0.15, 0.2) is 78.5 Å². The highest BCUT2D eigenvalue weighted by Crippen LogP contribution is 2.37. The Morgan fingerprint density at radius 1 is 0.818 bits per heavy atom. The predicted octanol–water partition coefficient (Wildman–Crippen LogP) is 5.51. The zero-order chi connectivity index (χ0) is 23.7. The highest BCUT2D eigenvalue weighted by molar-refractivity contribution is 6.46. The number of carbonyl (C=O) groups excluding carboxylic acids is 2. The summed E-state index contributed by atoms with van der Waals surface area (Å²) in [5.41, 5.74) is 4.79. The Balaban J connectivity index is 1.84. The minimum Gasteiger partial charge on any atom is -0.491 e. The number of carbonyl (C=O) groups is 2. The lowest BCUT2D eigenvalue weighted by Gasteiger charge is -2.22. The number of rotatable bonds is 6. The van der Waals surface area contributed by atoms with Gasteiger partial charge in [-0.1, -0.05) is 36.4 Å². The Kier molecular flexibility index (Phi) is 6.05. The molecule has 0 aliphatic carbocycles. The average Bonchev–Trinajstić information content (AvgIpc) is 3.03. The molecule has 0 atom stereocenters. The van der Waals surface area contributed by atoms with Gasteiger partial charge < -0.3 is 9.64 Å². The standard InChI is InChI=1S/C28H28N2O3/c1-18(2)33-24-13-11-21(12-14-24)25-26(29(5)22-9-7-6-8-10-22)28(32)30(27(25)31)23-16-19(3)15-20(4)17-23/h6-18H,1-5H3. The Morgan fingerprint density at radius 2 is 1.42 bits per heavy atom. The maximum Gasteiger partial charge on any atom is 0.282 e. The molecule has 5 nitrogen and oxygen atoms in total. The van der Waals surface area contributed by atoms with Crippen molar-refractivity contribution in [2.75, 3.05) is 16.8 Å². The van der Waals surface area contributed by atoms with Gasteiger partial charge in [0.2, 0.25) is 0 Å². The van der Waals surface area contributed by atoms with E-state index in [0.717, 1.165) is 22.6 Å². The highest BCUT2D eigenvalue weighted by Gasteiger charge is 2.42. The molecule has 2 amide bonds. The van der Waals surface area contributed by atoms with E-state index in [1.54, 1.807) is 4.90 Å². The fourth-order valence-electron chi connectivity index (χ4n) is 4.16. The first kappa shape index (κ1) is 22.3. The van der Waals surface area contributed by atoms with E-state index in [4.69, 9.17) is 4.74 Å². The summed E-state index contributed by atoms with van der Waals surface area (Å²) in [4.78, 5) is 30.5. The summed E-state index contributed by atoms with van der Waals surface area (Å²) in [6, 6.07) is 22.7. The van der Waals surface area contributed by atoms with Crippen LogP contribution in [-0.4, -0.2) is 25.0 Å². The van der Waals surface area contributed by atoms with E-state index in [9.17, 15) is 9.59 Å². The van der Waals surface area contributed by atoms with E-state index in [2.05, 4.69) is 0 Å². The second-order valence-electron chi connectivity index (χ2n) is 8.60. The fraction of sp³-hybridized carbons (Fsp3) is 0.214. The summed E-state index contributed by atoms with van der Waals surface area (Å²) < 4.78 is 5.75. The SMILES string of the molecule is Cc1cc(C)cc(N2C(=O)C(c3ccc(OC(C)C)cc3)=C(N(C)c3ccccc3)C2=O)c1. The Bertz CT molecular complexity index is 1210. The second-order valence-corrected chi connectivity index (χ2v) is 8.60. The molecular formula is C28H28N2O3.